The molecule has 4 aliphatic heterocycles. The number of piperidine rings is 2. The summed E-state index contributed by atoms with van der Waals surface area (Å²) in [5, 5.41) is 31.2. The predicted molar refractivity (Wildman–Crippen MR) is 253 cm³/mol. The van der Waals surface area contributed by atoms with Crippen LogP contribution in [0.4, 0.5) is 26.1 Å². The fourth-order valence-electron chi connectivity index (χ4n) is 11.1. The van der Waals surface area contributed by atoms with Gasteiger partial charge in [-0.05, 0) is 112 Å². The zero-order chi connectivity index (χ0) is 47.1. The number of aryl methyl sites for hydroxylation is 2. The van der Waals surface area contributed by atoms with Crippen LogP contribution in [0.3, 0.4) is 0 Å². The van der Waals surface area contributed by atoms with Gasteiger partial charge < -0.3 is 24.8 Å². The number of nitrogens with zero attached hydrogens (tertiary/aromatic N) is 11. The number of hydrogen-bond acceptors (Lipinski definition) is 11. The fraction of sp³-hybridized carbons (Fsp3) is 0.500. The SMILES string of the molecule is CC(=O)N1CCc2c(c(N3CCCc4cc(-c5cnn(C)c5)c(C(F)F)cc43)nn2C2CCN([C@@H]3CCCN(c4ccc(C(=O)NC5CCC(Oc6ccc(C#N)c(Cl)c6)CC5)nn4)C3)CC2)C1. The number of carbonyl (C=O) groups excluding carboxylic acids is 2. The molecule has 3 fully saturated rings. The molecular formula is C50H57ClF2N12O3. The van der Waals surface area contributed by atoms with E-state index < -0.39 is 6.43 Å². The van der Waals surface area contributed by atoms with Gasteiger partial charge in [-0.15, -0.1) is 10.2 Å². The van der Waals surface area contributed by atoms with E-state index in [4.69, 9.17) is 26.7 Å². The number of alkyl halides is 2. The van der Waals surface area contributed by atoms with Gasteiger partial charge in [0, 0.05) is 112 Å². The first-order valence-electron chi connectivity index (χ1n) is 24.1. The van der Waals surface area contributed by atoms with Gasteiger partial charge in [0.1, 0.15) is 11.8 Å². The molecule has 3 aromatic heterocycles. The molecule has 356 valence electrons. The number of anilines is 3. The molecular weight excluding hydrogens is 890 g/mol. The maximum absolute atomic E-state index is 14.8. The maximum Gasteiger partial charge on any atom is 0.272 e. The first-order chi connectivity index (χ1) is 33.0. The highest BCUT2D eigenvalue weighted by molar-refractivity contribution is 6.31. The Bertz CT molecular complexity index is 2700. The molecule has 1 aliphatic carbocycles. The number of amides is 2. The summed E-state index contributed by atoms with van der Waals surface area (Å²) in [6.07, 6.45) is 10.2. The molecule has 1 atom stereocenters. The number of nitrogens with one attached hydrogen (secondary N) is 1. The molecule has 5 aromatic rings. The van der Waals surface area contributed by atoms with E-state index >= 15 is 0 Å². The lowest BCUT2D eigenvalue weighted by Crippen LogP contribution is -2.51. The maximum atomic E-state index is 14.8. The summed E-state index contributed by atoms with van der Waals surface area (Å²) in [6, 6.07) is 14.9. The quantitative estimate of drug-likeness (QED) is 0.145. The van der Waals surface area contributed by atoms with Crippen molar-refractivity contribution >= 4 is 40.7 Å². The minimum Gasteiger partial charge on any atom is -0.490 e. The van der Waals surface area contributed by atoms with Crippen LogP contribution in [0.5, 0.6) is 5.75 Å². The minimum atomic E-state index is -2.67. The third kappa shape index (κ3) is 9.37. The van der Waals surface area contributed by atoms with E-state index in [9.17, 15) is 18.4 Å². The summed E-state index contributed by atoms with van der Waals surface area (Å²) in [6.45, 7) is 6.85. The normalized spacial score (nSPS) is 21.3. The number of rotatable bonds is 10. The molecule has 2 saturated heterocycles. The number of carbonyl (C=O) groups is 2. The molecule has 15 nitrogen and oxygen atoms in total. The Balaban J connectivity index is 0.772. The lowest BCUT2D eigenvalue weighted by atomic mass is 9.92. The van der Waals surface area contributed by atoms with Crippen molar-refractivity contribution in [2.45, 2.75) is 115 Å². The first kappa shape index (κ1) is 45.7. The molecule has 68 heavy (non-hydrogen) atoms. The van der Waals surface area contributed by atoms with Crippen molar-refractivity contribution in [3.63, 3.8) is 0 Å². The lowest BCUT2D eigenvalue weighted by Gasteiger charge is -2.43. The molecule has 2 amide bonds. The van der Waals surface area contributed by atoms with Crippen molar-refractivity contribution in [1.82, 2.24) is 44.9 Å². The van der Waals surface area contributed by atoms with Crippen molar-refractivity contribution in [3.05, 3.63) is 93.5 Å². The Hall–Kier alpha value is -6.12. The largest absolute Gasteiger partial charge is 0.490 e. The van der Waals surface area contributed by atoms with Gasteiger partial charge in [-0.3, -0.25) is 23.9 Å². The van der Waals surface area contributed by atoms with Gasteiger partial charge >= 0.3 is 0 Å². The highest BCUT2D eigenvalue weighted by Crippen LogP contribution is 2.44. The van der Waals surface area contributed by atoms with Crippen LogP contribution < -0.4 is 19.9 Å². The molecule has 7 heterocycles. The second kappa shape index (κ2) is 19.5. The Kier molecular flexibility index (Phi) is 13.1. The zero-order valence-corrected chi connectivity index (χ0v) is 39.3. The number of likely N-dealkylation sites (tertiary alicyclic amines) is 1. The van der Waals surface area contributed by atoms with Gasteiger partial charge in [-0.1, -0.05) is 11.6 Å². The smallest absolute Gasteiger partial charge is 0.272 e. The van der Waals surface area contributed by atoms with Crippen LogP contribution in [0, 0.1) is 11.3 Å². The van der Waals surface area contributed by atoms with Crippen molar-refractivity contribution < 1.29 is 23.1 Å². The van der Waals surface area contributed by atoms with Crippen LogP contribution in [0.25, 0.3) is 11.1 Å². The van der Waals surface area contributed by atoms with Crippen LogP contribution in [-0.2, 0) is 31.2 Å². The second-order valence-corrected chi connectivity index (χ2v) is 19.4. The molecule has 5 aliphatic rings. The Morgan fingerprint density at radius 1 is 0.926 bits per heavy atom. The molecule has 0 radical (unpaired) electrons. The molecule has 0 bridgehead atoms. The van der Waals surface area contributed by atoms with Crippen LogP contribution in [0.2, 0.25) is 5.02 Å². The summed E-state index contributed by atoms with van der Waals surface area (Å²) >= 11 is 6.18. The lowest BCUT2D eigenvalue weighted by molar-refractivity contribution is -0.129. The van der Waals surface area contributed by atoms with Crippen molar-refractivity contribution in [2.24, 2.45) is 7.05 Å². The highest BCUT2D eigenvalue weighted by Gasteiger charge is 2.36. The Labute approximate surface area is 400 Å². The van der Waals surface area contributed by atoms with E-state index in [2.05, 4.69) is 46.1 Å². The summed E-state index contributed by atoms with van der Waals surface area (Å²) in [5.74, 6) is 1.97. The second-order valence-electron chi connectivity index (χ2n) is 19.0. The van der Waals surface area contributed by atoms with E-state index in [0.717, 1.165) is 125 Å². The van der Waals surface area contributed by atoms with E-state index in [1.165, 1.54) is 0 Å². The number of aromatic nitrogens is 6. The van der Waals surface area contributed by atoms with Gasteiger partial charge in [0.15, 0.2) is 17.3 Å². The molecule has 1 saturated carbocycles. The molecule has 2 aromatic carbocycles. The number of benzene rings is 2. The van der Waals surface area contributed by atoms with Crippen molar-refractivity contribution in [1.29, 1.82) is 5.26 Å². The van der Waals surface area contributed by atoms with E-state index in [-0.39, 0.29) is 35.6 Å². The number of ether oxygens (including phenoxy) is 1. The molecule has 10 rings (SSSR count). The number of fused-ring (bicyclic) bond motifs is 2. The highest BCUT2D eigenvalue weighted by atomic mass is 35.5. The van der Waals surface area contributed by atoms with Crippen molar-refractivity contribution in [3.8, 4) is 22.9 Å². The van der Waals surface area contributed by atoms with E-state index in [1.54, 1.807) is 61.4 Å². The molecule has 18 heteroatoms. The number of nitriles is 1. The van der Waals surface area contributed by atoms with E-state index in [1.807, 2.05) is 17.0 Å². The van der Waals surface area contributed by atoms with Gasteiger partial charge in [0.25, 0.3) is 12.3 Å². The van der Waals surface area contributed by atoms with Crippen LogP contribution in [-0.4, -0.2) is 109 Å². The van der Waals surface area contributed by atoms with Crippen molar-refractivity contribution in [2.75, 3.05) is 49.1 Å². The van der Waals surface area contributed by atoms with E-state index in [0.29, 0.717) is 65.3 Å². The minimum absolute atomic E-state index is 0.00840. The Morgan fingerprint density at radius 3 is 2.46 bits per heavy atom. The summed E-state index contributed by atoms with van der Waals surface area (Å²) in [4.78, 5) is 34.8. The summed E-state index contributed by atoms with van der Waals surface area (Å²) < 4.78 is 39.6. The summed E-state index contributed by atoms with van der Waals surface area (Å²) in [7, 11) is 1.79. The zero-order valence-electron chi connectivity index (χ0n) is 38.6. The van der Waals surface area contributed by atoms with Crippen LogP contribution in [0.1, 0.15) is 116 Å². The predicted octanol–water partition coefficient (Wildman–Crippen LogP) is 7.95. The van der Waals surface area contributed by atoms with Gasteiger partial charge in [0.2, 0.25) is 5.91 Å². The van der Waals surface area contributed by atoms with Crippen LogP contribution in [0.15, 0.2) is 54.9 Å². The van der Waals surface area contributed by atoms with Gasteiger partial charge in [0.05, 0.1) is 35.5 Å². The Morgan fingerprint density at radius 2 is 1.75 bits per heavy atom. The first-order valence-corrected chi connectivity index (χ1v) is 24.4. The molecule has 0 unspecified atom stereocenters. The molecule has 0 spiro atoms. The van der Waals surface area contributed by atoms with Gasteiger partial charge in [-0.25, -0.2) is 8.78 Å². The standard InChI is InChI=1S/C50H57ClF2N12O3/c1-31(66)62-22-17-45-42(30-62)49(64-19-3-5-32-23-40(34-27-55-60(2)28-34)41(48(52)53)25-46(32)64)59-65(45)36-15-20-61(21-16-36)37-6-4-18-63(29-37)47-14-13-44(57-58-47)50(67)56-35-8-11-38(12-9-35)68-39-10-7-33(26-54)43(51)24-39/h7,10,13-14,23-25,27-28,35-38,48H,3-6,8-9,11-12,15-22,29-30H2,1-2H3,(H,56,67)/t35?,37-,38?/m1/s1. The third-order valence-electron chi connectivity index (χ3n) is 14.7. The molecule has 1 N–H and O–H groups in total. The topological polar surface area (TPSA) is 154 Å². The monoisotopic (exact) mass is 946 g/mol. The number of hydrogen-bond donors (Lipinski definition) is 1. The average molecular weight is 948 g/mol. The average Bonchev–Trinajstić information content (AvgIpc) is 3.97. The third-order valence-corrected chi connectivity index (χ3v) is 15.0. The van der Waals surface area contributed by atoms with Gasteiger partial charge in [-0.2, -0.15) is 15.5 Å². The van der Waals surface area contributed by atoms with Crippen LogP contribution >= 0.6 is 11.6 Å². The fourth-order valence-corrected chi connectivity index (χ4v) is 11.3. The summed E-state index contributed by atoms with van der Waals surface area (Å²) in [5.41, 5.74) is 5.81. The number of halogens is 3.